The normalized spacial score (nSPS) is 33.4. The van der Waals surface area contributed by atoms with Gasteiger partial charge >= 0.3 is 5.97 Å². The number of cyclic esters (lactones) is 1. The van der Waals surface area contributed by atoms with Crippen molar-refractivity contribution in [3.8, 4) is 0 Å². The average Bonchev–Trinajstić information content (AvgIpc) is 3.66. The Morgan fingerprint density at radius 2 is 1.82 bits per heavy atom. The second-order valence-electron chi connectivity index (χ2n) is 13.1. The molecule has 8 atom stereocenters. The summed E-state index contributed by atoms with van der Waals surface area (Å²) in [4.78, 5) is 59.5. The van der Waals surface area contributed by atoms with E-state index in [0.717, 1.165) is 19.3 Å². The molecule has 45 heavy (non-hydrogen) atoms. The first-order valence-corrected chi connectivity index (χ1v) is 16.4. The summed E-state index contributed by atoms with van der Waals surface area (Å²) in [6.07, 6.45) is 9.20. The fraction of sp³-hybridized carbons (Fsp3) is 0.600. The number of nitrogens with zero attached hydrogens (tertiary/aromatic N) is 2. The fourth-order valence-electron chi connectivity index (χ4n) is 7.39. The predicted octanol–water partition coefficient (Wildman–Crippen LogP) is 3.31. The molecule has 1 spiro atoms. The van der Waals surface area contributed by atoms with E-state index in [1.807, 2.05) is 56.3 Å². The van der Waals surface area contributed by atoms with E-state index in [0.29, 0.717) is 25.1 Å². The van der Waals surface area contributed by atoms with Crippen molar-refractivity contribution < 1.29 is 33.8 Å². The van der Waals surface area contributed by atoms with Gasteiger partial charge in [0.25, 0.3) is 0 Å². The number of ether oxygens (including phenoxy) is 2. The lowest BCUT2D eigenvalue weighted by Crippen LogP contribution is -2.59. The van der Waals surface area contributed by atoms with Gasteiger partial charge in [0, 0.05) is 19.5 Å². The first-order chi connectivity index (χ1) is 21.6. The average molecular weight is 622 g/mol. The van der Waals surface area contributed by atoms with E-state index in [-0.39, 0.29) is 30.8 Å². The molecular formula is C35H47N3O7. The van der Waals surface area contributed by atoms with Crippen molar-refractivity contribution in [1.82, 2.24) is 15.1 Å². The Morgan fingerprint density at radius 1 is 1.07 bits per heavy atom. The topological polar surface area (TPSA) is 125 Å². The second-order valence-corrected chi connectivity index (χ2v) is 13.1. The SMILES string of the molecule is CCCCCN1C/C=C\CCC(=O)N[C@H](C)[C@@H](c2ccccc2)OC(=O)[C@@H]2[C@@H]3C=C[C@]4(O3)[C@H](C1=O)N([C@@H](CO)C(C)C)C(=O)[C@@H]24. The van der Waals surface area contributed by atoms with E-state index in [2.05, 4.69) is 12.2 Å². The van der Waals surface area contributed by atoms with Crippen LogP contribution in [0.1, 0.15) is 71.5 Å². The molecule has 2 fully saturated rings. The third-order valence-electron chi connectivity index (χ3n) is 9.72. The molecule has 5 rings (SSSR count). The lowest BCUT2D eigenvalue weighted by Gasteiger charge is -2.40. The van der Waals surface area contributed by atoms with Crippen molar-refractivity contribution in [1.29, 1.82) is 0 Å². The third kappa shape index (κ3) is 6.19. The van der Waals surface area contributed by atoms with Crippen LogP contribution < -0.4 is 5.32 Å². The van der Waals surface area contributed by atoms with Gasteiger partial charge in [-0.15, -0.1) is 0 Å². The number of likely N-dealkylation sites (tertiary alicyclic amines) is 1. The van der Waals surface area contributed by atoms with E-state index in [9.17, 15) is 24.3 Å². The molecule has 4 aliphatic heterocycles. The number of allylic oxidation sites excluding steroid dienone is 1. The minimum atomic E-state index is -1.37. The molecule has 3 amide bonds. The fourth-order valence-corrected chi connectivity index (χ4v) is 7.39. The number of nitrogens with one attached hydrogen (secondary N) is 1. The first kappa shape index (κ1) is 32.9. The smallest absolute Gasteiger partial charge is 0.313 e. The quantitative estimate of drug-likeness (QED) is 0.259. The van der Waals surface area contributed by atoms with Gasteiger partial charge in [0.1, 0.15) is 23.7 Å². The number of benzene rings is 1. The van der Waals surface area contributed by atoms with Gasteiger partial charge in [-0.05, 0) is 31.2 Å². The molecule has 1 aromatic carbocycles. The highest BCUT2D eigenvalue weighted by Gasteiger charge is 2.74. The zero-order valence-corrected chi connectivity index (χ0v) is 26.8. The molecule has 5 bridgehead atoms. The van der Waals surface area contributed by atoms with E-state index < -0.39 is 59.6 Å². The van der Waals surface area contributed by atoms with Gasteiger partial charge in [-0.3, -0.25) is 19.2 Å². The Kier molecular flexibility index (Phi) is 10.1. The second kappa shape index (κ2) is 13.9. The summed E-state index contributed by atoms with van der Waals surface area (Å²) in [5.74, 6) is -3.61. The molecule has 10 nitrogen and oxygen atoms in total. The lowest BCUT2D eigenvalue weighted by molar-refractivity contribution is -0.162. The largest absolute Gasteiger partial charge is 0.455 e. The molecule has 0 radical (unpaired) electrons. The van der Waals surface area contributed by atoms with Crippen LogP contribution in [0.15, 0.2) is 54.6 Å². The van der Waals surface area contributed by atoms with Gasteiger partial charge in [-0.1, -0.05) is 88.2 Å². The van der Waals surface area contributed by atoms with Crippen LogP contribution in [0.5, 0.6) is 0 Å². The highest BCUT2D eigenvalue weighted by Crippen LogP contribution is 2.56. The number of hydrogen-bond acceptors (Lipinski definition) is 7. The number of rotatable bonds is 8. The number of aliphatic hydroxyl groups excluding tert-OH is 1. The molecule has 244 valence electrons. The summed E-state index contributed by atoms with van der Waals surface area (Å²) in [7, 11) is 0. The molecule has 0 saturated carbocycles. The van der Waals surface area contributed by atoms with Crippen molar-refractivity contribution in [3.63, 3.8) is 0 Å². The van der Waals surface area contributed by atoms with E-state index in [4.69, 9.17) is 9.47 Å². The van der Waals surface area contributed by atoms with E-state index in [1.165, 1.54) is 4.90 Å². The van der Waals surface area contributed by atoms with E-state index >= 15 is 0 Å². The minimum Gasteiger partial charge on any atom is -0.455 e. The molecule has 10 heteroatoms. The van der Waals surface area contributed by atoms with Gasteiger partial charge in [-0.25, -0.2) is 0 Å². The number of unbranched alkanes of at least 4 members (excludes halogenated alkanes) is 2. The van der Waals surface area contributed by atoms with Crippen molar-refractivity contribution in [3.05, 3.63) is 60.2 Å². The molecule has 2 N–H and O–H groups in total. The van der Waals surface area contributed by atoms with Crippen LogP contribution in [0.2, 0.25) is 0 Å². The number of carbonyl (C=O) groups is 4. The van der Waals surface area contributed by atoms with Crippen molar-refractivity contribution >= 4 is 23.7 Å². The van der Waals surface area contributed by atoms with E-state index in [1.54, 1.807) is 24.0 Å². The zero-order valence-electron chi connectivity index (χ0n) is 26.8. The summed E-state index contributed by atoms with van der Waals surface area (Å²) in [5.41, 5.74) is -0.658. The molecule has 0 aliphatic carbocycles. The Bertz CT molecular complexity index is 1310. The molecule has 4 aliphatic rings. The Labute approximate surface area is 265 Å². The predicted molar refractivity (Wildman–Crippen MR) is 167 cm³/mol. The summed E-state index contributed by atoms with van der Waals surface area (Å²) < 4.78 is 12.7. The standard InChI is InChI=1S/C35H47N3O7/c1-5-6-12-19-37-20-13-8-11-16-27(40)36-23(4)30(24-14-9-7-10-15-24)44-34(43)28-26-17-18-35(45-26)29(28)32(41)38(31(35)33(37)42)25(21-39)22(2)3/h7-10,13-15,17-18,22-23,25-26,28-31,39H,5-6,11-12,16,19-21H2,1-4H3,(H,36,40)/b13-8-/t23-,25+,26+,28-,29-,30+,31+,35-/m1/s1. The molecule has 1 aromatic rings. The molecule has 2 saturated heterocycles. The number of amides is 3. The number of carbonyl (C=O) groups excluding carboxylic acids is 4. The number of aliphatic hydroxyl groups is 1. The van der Waals surface area contributed by atoms with Crippen molar-refractivity contribution in [2.45, 2.75) is 95.7 Å². The molecule has 4 heterocycles. The number of fused-ring (bicyclic) bond motifs is 2. The zero-order chi connectivity index (χ0) is 32.3. The minimum absolute atomic E-state index is 0.158. The summed E-state index contributed by atoms with van der Waals surface area (Å²) in [6.45, 7) is 8.16. The van der Waals surface area contributed by atoms with Gasteiger partial charge in [0.2, 0.25) is 17.7 Å². The maximum absolute atomic E-state index is 14.7. The molecule has 0 aromatic heterocycles. The highest BCUT2D eigenvalue weighted by atomic mass is 16.6. The Morgan fingerprint density at radius 3 is 2.51 bits per heavy atom. The van der Waals surface area contributed by atoms with Gasteiger partial charge in [0.05, 0.1) is 30.7 Å². The summed E-state index contributed by atoms with van der Waals surface area (Å²) in [5, 5.41) is 13.5. The van der Waals surface area contributed by atoms with Crippen LogP contribution in [0.3, 0.4) is 0 Å². The first-order valence-electron chi connectivity index (χ1n) is 16.4. The van der Waals surface area contributed by atoms with Crippen LogP contribution in [0, 0.1) is 17.8 Å². The highest BCUT2D eigenvalue weighted by molar-refractivity contribution is 5.99. The maximum atomic E-state index is 14.7. The summed E-state index contributed by atoms with van der Waals surface area (Å²) >= 11 is 0. The van der Waals surface area contributed by atoms with Crippen molar-refractivity contribution in [2.75, 3.05) is 19.7 Å². The Hall–Kier alpha value is -3.50. The van der Waals surface area contributed by atoms with Gasteiger partial charge in [0.15, 0.2) is 0 Å². The van der Waals surface area contributed by atoms with Crippen LogP contribution >= 0.6 is 0 Å². The maximum Gasteiger partial charge on any atom is 0.313 e. The van der Waals surface area contributed by atoms with Crippen LogP contribution in [-0.4, -0.2) is 88.1 Å². The molecular weight excluding hydrogens is 574 g/mol. The third-order valence-corrected chi connectivity index (χ3v) is 9.72. The molecule has 0 unspecified atom stereocenters. The van der Waals surface area contributed by atoms with Crippen LogP contribution in [0.4, 0.5) is 0 Å². The van der Waals surface area contributed by atoms with Crippen molar-refractivity contribution in [2.24, 2.45) is 17.8 Å². The number of hydrogen-bond donors (Lipinski definition) is 2. The monoisotopic (exact) mass is 621 g/mol. The lowest BCUT2D eigenvalue weighted by atomic mass is 9.74. The van der Waals surface area contributed by atoms with Crippen LogP contribution in [0.25, 0.3) is 0 Å². The van der Waals surface area contributed by atoms with Crippen LogP contribution in [-0.2, 0) is 28.7 Å². The van der Waals surface area contributed by atoms with Gasteiger partial charge < -0.3 is 29.7 Å². The number of esters is 1. The Balaban J connectivity index is 1.59. The van der Waals surface area contributed by atoms with Gasteiger partial charge in [-0.2, -0.15) is 0 Å². The summed E-state index contributed by atoms with van der Waals surface area (Å²) in [6, 6.07) is 6.96.